The number of aromatic nitrogens is 2. The van der Waals surface area contributed by atoms with Crippen LogP contribution >= 0.6 is 0 Å². The first-order valence-corrected chi connectivity index (χ1v) is 7.02. The Labute approximate surface area is 103 Å². The molecule has 0 aliphatic heterocycles. The molecule has 3 heteroatoms. The van der Waals surface area contributed by atoms with Gasteiger partial charge in [-0.1, -0.05) is 19.3 Å². The molecule has 2 fully saturated rings. The molecule has 17 heavy (non-hydrogen) atoms. The summed E-state index contributed by atoms with van der Waals surface area (Å²) in [5.74, 6) is 0. The number of hydrogen-bond donors (Lipinski definition) is 1. The van der Waals surface area contributed by atoms with Crippen LogP contribution in [0.2, 0.25) is 0 Å². The van der Waals surface area contributed by atoms with E-state index in [-0.39, 0.29) is 0 Å². The maximum Gasteiger partial charge on any atom is 0.0703 e. The second-order valence-corrected chi connectivity index (χ2v) is 5.83. The fourth-order valence-corrected chi connectivity index (χ4v) is 3.12. The molecule has 1 aromatic rings. The van der Waals surface area contributed by atoms with Crippen molar-refractivity contribution >= 4 is 0 Å². The number of rotatable bonds is 3. The summed E-state index contributed by atoms with van der Waals surface area (Å²) in [6.07, 6.45) is 12.5. The van der Waals surface area contributed by atoms with E-state index in [1.165, 1.54) is 38.5 Å². The molecule has 0 radical (unpaired) electrons. The van der Waals surface area contributed by atoms with E-state index in [9.17, 15) is 5.11 Å². The summed E-state index contributed by atoms with van der Waals surface area (Å²) in [5, 5.41) is 14.8. The molecule has 2 aliphatic rings. The second-order valence-electron chi connectivity index (χ2n) is 5.83. The van der Waals surface area contributed by atoms with Crippen molar-refractivity contribution < 1.29 is 5.11 Å². The molecule has 0 bridgehead atoms. The molecule has 1 N–H and O–H groups in total. The van der Waals surface area contributed by atoms with Crippen molar-refractivity contribution in [3.05, 3.63) is 18.0 Å². The summed E-state index contributed by atoms with van der Waals surface area (Å²) in [7, 11) is 0. The van der Waals surface area contributed by atoms with E-state index >= 15 is 0 Å². The van der Waals surface area contributed by atoms with Crippen molar-refractivity contribution in [2.45, 2.75) is 69.4 Å². The summed E-state index contributed by atoms with van der Waals surface area (Å²) in [6, 6.07) is 2.69. The first-order valence-electron chi connectivity index (χ1n) is 7.02. The minimum absolute atomic E-state index is 0.439. The predicted octanol–water partition coefficient (Wildman–Crippen LogP) is 2.85. The van der Waals surface area contributed by atoms with Crippen molar-refractivity contribution in [3.63, 3.8) is 0 Å². The highest BCUT2D eigenvalue weighted by Crippen LogP contribution is 2.34. The van der Waals surface area contributed by atoms with Gasteiger partial charge in [0.1, 0.15) is 0 Å². The Morgan fingerprint density at radius 1 is 1.24 bits per heavy atom. The van der Waals surface area contributed by atoms with Crippen LogP contribution in [-0.4, -0.2) is 20.5 Å². The lowest BCUT2D eigenvalue weighted by atomic mass is 9.77. The van der Waals surface area contributed by atoms with Gasteiger partial charge in [0.15, 0.2) is 0 Å². The molecule has 3 nitrogen and oxygen atoms in total. The zero-order valence-electron chi connectivity index (χ0n) is 10.4. The molecule has 0 amide bonds. The van der Waals surface area contributed by atoms with Crippen molar-refractivity contribution in [1.82, 2.24) is 9.78 Å². The van der Waals surface area contributed by atoms with Crippen molar-refractivity contribution in [3.8, 4) is 0 Å². The van der Waals surface area contributed by atoms with Gasteiger partial charge in [-0.25, -0.2) is 0 Å². The Bertz CT molecular complexity index is 375. The average molecular weight is 234 g/mol. The van der Waals surface area contributed by atoms with E-state index in [1.54, 1.807) is 0 Å². The monoisotopic (exact) mass is 234 g/mol. The molecule has 3 rings (SSSR count). The Morgan fingerprint density at radius 3 is 2.65 bits per heavy atom. The smallest absolute Gasteiger partial charge is 0.0703 e. The summed E-state index contributed by atoms with van der Waals surface area (Å²) in [4.78, 5) is 0. The van der Waals surface area contributed by atoms with Crippen LogP contribution in [0.15, 0.2) is 12.3 Å². The van der Waals surface area contributed by atoms with E-state index in [4.69, 9.17) is 0 Å². The number of aliphatic hydroxyl groups is 1. The third-order valence-electron chi connectivity index (χ3n) is 4.41. The summed E-state index contributed by atoms with van der Waals surface area (Å²) in [6.45, 7) is 0. The standard InChI is InChI=1S/C14H22N2O/c17-14(8-4-9-14)11-12-7-10-16(15-12)13-5-2-1-3-6-13/h7,10,13,17H,1-6,8-9,11H2. The van der Waals surface area contributed by atoms with Crippen LogP contribution in [0, 0.1) is 0 Å². The lowest BCUT2D eigenvalue weighted by molar-refractivity contribution is -0.0331. The van der Waals surface area contributed by atoms with E-state index < -0.39 is 5.60 Å². The van der Waals surface area contributed by atoms with Gasteiger partial charge in [-0.05, 0) is 38.2 Å². The minimum Gasteiger partial charge on any atom is -0.389 e. The lowest BCUT2D eigenvalue weighted by Crippen LogP contribution is -2.39. The molecule has 0 aromatic carbocycles. The highest BCUT2D eigenvalue weighted by atomic mass is 16.3. The Balaban J connectivity index is 1.65. The van der Waals surface area contributed by atoms with Gasteiger partial charge < -0.3 is 5.11 Å². The average Bonchev–Trinajstić information content (AvgIpc) is 2.77. The van der Waals surface area contributed by atoms with Crippen molar-refractivity contribution in [2.24, 2.45) is 0 Å². The van der Waals surface area contributed by atoms with Crippen molar-refractivity contribution in [2.75, 3.05) is 0 Å². The van der Waals surface area contributed by atoms with Crippen LogP contribution in [-0.2, 0) is 6.42 Å². The zero-order chi connectivity index (χ0) is 11.7. The Hall–Kier alpha value is -0.830. The minimum atomic E-state index is -0.439. The molecule has 1 heterocycles. The van der Waals surface area contributed by atoms with Gasteiger partial charge in [0.05, 0.1) is 17.3 Å². The molecule has 94 valence electrons. The third-order valence-corrected chi connectivity index (χ3v) is 4.41. The molecule has 0 saturated heterocycles. The van der Waals surface area contributed by atoms with Crippen LogP contribution in [0.25, 0.3) is 0 Å². The van der Waals surface area contributed by atoms with E-state index in [0.717, 1.165) is 25.0 Å². The normalized spacial score (nSPS) is 24.5. The summed E-state index contributed by atoms with van der Waals surface area (Å²) in [5.41, 5.74) is 0.629. The van der Waals surface area contributed by atoms with Crippen LogP contribution in [0.3, 0.4) is 0 Å². The fraction of sp³-hybridized carbons (Fsp3) is 0.786. The first kappa shape index (κ1) is 11.3. The van der Waals surface area contributed by atoms with Gasteiger partial charge in [0.25, 0.3) is 0 Å². The number of hydrogen-bond acceptors (Lipinski definition) is 2. The summed E-state index contributed by atoms with van der Waals surface area (Å²) >= 11 is 0. The van der Waals surface area contributed by atoms with Crippen LogP contribution in [0.4, 0.5) is 0 Å². The molecule has 0 atom stereocenters. The quantitative estimate of drug-likeness (QED) is 0.873. The van der Waals surface area contributed by atoms with Gasteiger partial charge in [-0.2, -0.15) is 5.10 Å². The Kier molecular flexibility index (Phi) is 2.95. The first-order chi connectivity index (χ1) is 8.25. The van der Waals surface area contributed by atoms with Crippen molar-refractivity contribution in [1.29, 1.82) is 0 Å². The predicted molar refractivity (Wildman–Crippen MR) is 66.9 cm³/mol. The molecule has 1 aromatic heterocycles. The van der Waals surface area contributed by atoms with Crippen LogP contribution in [0.5, 0.6) is 0 Å². The number of nitrogens with zero attached hydrogens (tertiary/aromatic N) is 2. The molecule has 2 saturated carbocycles. The van der Waals surface area contributed by atoms with Gasteiger partial charge in [-0.15, -0.1) is 0 Å². The largest absolute Gasteiger partial charge is 0.389 e. The SMILES string of the molecule is OC1(Cc2ccn(C3CCCCC3)n2)CCC1. The Morgan fingerprint density at radius 2 is 2.00 bits per heavy atom. The molecule has 0 spiro atoms. The third kappa shape index (κ3) is 2.39. The maximum atomic E-state index is 10.1. The molecular weight excluding hydrogens is 212 g/mol. The van der Waals surface area contributed by atoms with Crippen LogP contribution in [0.1, 0.15) is 63.1 Å². The van der Waals surface area contributed by atoms with E-state index in [2.05, 4.69) is 22.0 Å². The van der Waals surface area contributed by atoms with Gasteiger partial charge in [0, 0.05) is 12.6 Å². The zero-order valence-corrected chi connectivity index (χ0v) is 10.4. The molecule has 0 unspecified atom stereocenters. The van der Waals surface area contributed by atoms with Gasteiger partial charge in [0.2, 0.25) is 0 Å². The summed E-state index contributed by atoms with van der Waals surface area (Å²) < 4.78 is 2.14. The highest BCUT2D eigenvalue weighted by molar-refractivity contribution is 5.07. The van der Waals surface area contributed by atoms with E-state index in [1.807, 2.05) is 0 Å². The topological polar surface area (TPSA) is 38.0 Å². The second kappa shape index (κ2) is 4.45. The lowest BCUT2D eigenvalue weighted by Gasteiger charge is -2.36. The molecular formula is C14H22N2O. The maximum absolute atomic E-state index is 10.1. The fourth-order valence-electron chi connectivity index (χ4n) is 3.12. The van der Waals surface area contributed by atoms with Crippen LogP contribution < -0.4 is 0 Å². The van der Waals surface area contributed by atoms with E-state index in [0.29, 0.717) is 6.04 Å². The van der Waals surface area contributed by atoms with Gasteiger partial charge >= 0.3 is 0 Å². The van der Waals surface area contributed by atoms with Gasteiger partial charge in [-0.3, -0.25) is 4.68 Å². The highest BCUT2D eigenvalue weighted by Gasteiger charge is 2.35. The molecule has 2 aliphatic carbocycles.